The molecule has 3 rings (SSSR count). The summed E-state index contributed by atoms with van der Waals surface area (Å²) in [7, 11) is 0. The number of aromatic nitrogens is 4. The smallest absolute Gasteiger partial charge is 0.260 e. The quantitative estimate of drug-likeness (QED) is 0.687. The van der Waals surface area contributed by atoms with Crippen LogP contribution in [0.5, 0.6) is 0 Å². The number of alkyl halides is 3. The SMILES string of the molecule is Cc1cc(-c2ccc(Cl)cc2)nc2nnc(C(F)(F)F)n12. The molecule has 0 saturated carbocycles. The van der Waals surface area contributed by atoms with Gasteiger partial charge in [-0.1, -0.05) is 23.7 Å². The minimum Gasteiger partial charge on any atom is -0.260 e. The highest BCUT2D eigenvalue weighted by molar-refractivity contribution is 6.30. The highest BCUT2D eigenvalue weighted by atomic mass is 35.5. The second kappa shape index (κ2) is 4.70. The van der Waals surface area contributed by atoms with E-state index in [-0.39, 0.29) is 5.78 Å². The molecule has 0 saturated heterocycles. The van der Waals surface area contributed by atoms with Crippen LogP contribution in [0.3, 0.4) is 0 Å². The summed E-state index contributed by atoms with van der Waals surface area (Å²) in [5.74, 6) is -1.17. The maximum absolute atomic E-state index is 12.8. The first-order valence-corrected chi connectivity index (χ1v) is 6.30. The molecule has 1 aromatic carbocycles. The minimum atomic E-state index is -4.58. The Balaban J connectivity index is 2.19. The van der Waals surface area contributed by atoms with E-state index < -0.39 is 12.0 Å². The summed E-state index contributed by atoms with van der Waals surface area (Å²) in [6, 6.07) is 8.39. The predicted octanol–water partition coefficient (Wildman–Crippen LogP) is 3.77. The molecule has 0 aliphatic heterocycles. The molecule has 3 aromatic rings. The monoisotopic (exact) mass is 312 g/mol. The number of hydrogen-bond acceptors (Lipinski definition) is 3. The predicted molar refractivity (Wildman–Crippen MR) is 71.0 cm³/mol. The lowest BCUT2D eigenvalue weighted by Crippen LogP contribution is -2.12. The normalized spacial score (nSPS) is 12.0. The molecule has 0 spiro atoms. The second-order valence-electron chi connectivity index (χ2n) is 4.45. The zero-order valence-electron chi connectivity index (χ0n) is 10.7. The molecule has 0 bridgehead atoms. The summed E-state index contributed by atoms with van der Waals surface area (Å²) in [5.41, 5.74) is 1.60. The van der Waals surface area contributed by atoms with E-state index >= 15 is 0 Å². The number of nitrogens with zero attached hydrogens (tertiary/aromatic N) is 4. The van der Waals surface area contributed by atoms with Crippen molar-refractivity contribution in [3.05, 3.63) is 46.9 Å². The summed E-state index contributed by atoms with van der Waals surface area (Å²) in [5, 5.41) is 7.25. The van der Waals surface area contributed by atoms with Gasteiger partial charge in [0.1, 0.15) is 0 Å². The number of aryl methyl sites for hydroxylation is 1. The van der Waals surface area contributed by atoms with Crippen molar-refractivity contribution in [1.82, 2.24) is 19.6 Å². The molecule has 21 heavy (non-hydrogen) atoms. The maximum atomic E-state index is 12.8. The minimum absolute atomic E-state index is 0.0905. The van der Waals surface area contributed by atoms with Gasteiger partial charge in [-0.3, -0.25) is 4.40 Å². The fourth-order valence-electron chi connectivity index (χ4n) is 2.03. The Morgan fingerprint density at radius 2 is 1.76 bits per heavy atom. The first kappa shape index (κ1) is 13.8. The molecular weight excluding hydrogens is 305 g/mol. The van der Waals surface area contributed by atoms with Crippen LogP contribution in [0.25, 0.3) is 17.0 Å². The molecule has 0 amide bonds. The topological polar surface area (TPSA) is 43.1 Å². The Hall–Kier alpha value is -2.15. The van der Waals surface area contributed by atoms with Crippen LogP contribution in [0, 0.1) is 6.92 Å². The van der Waals surface area contributed by atoms with Crippen molar-refractivity contribution in [1.29, 1.82) is 0 Å². The summed E-state index contributed by atoms with van der Waals surface area (Å²) < 4.78 is 39.4. The molecule has 0 unspecified atom stereocenters. The van der Waals surface area contributed by atoms with Crippen molar-refractivity contribution in [3.8, 4) is 11.3 Å². The van der Waals surface area contributed by atoms with Crippen molar-refractivity contribution in [2.45, 2.75) is 13.1 Å². The van der Waals surface area contributed by atoms with E-state index in [1.54, 1.807) is 37.3 Å². The molecule has 108 valence electrons. The lowest BCUT2D eigenvalue weighted by molar-refractivity contribution is -0.145. The van der Waals surface area contributed by atoms with E-state index in [1.807, 2.05) is 0 Å². The van der Waals surface area contributed by atoms with Gasteiger partial charge < -0.3 is 0 Å². The third-order valence-corrected chi connectivity index (χ3v) is 3.21. The highest BCUT2D eigenvalue weighted by Crippen LogP contribution is 2.29. The zero-order chi connectivity index (χ0) is 15.2. The van der Waals surface area contributed by atoms with Gasteiger partial charge in [0.05, 0.1) is 5.69 Å². The van der Waals surface area contributed by atoms with Crippen LogP contribution in [0.1, 0.15) is 11.5 Å². The van der Waals surface area contributed by atoms with Crippen molar-refractivity contribution in [2.24, 2.45) is 0 Å². The van der Waals surface area contributed by atoms with Gasteiger partial charge in [0, 0.05) is 16.3 Å². The van der Waals surface area contributed by atoms with Crippen LogP contribution >= 0.6 is 11.6 Å². The van der Waals surface area contributed by atoms with Crippen molar-refractivity contribution < 1.29 is 13.2 Å². The van der Waals surface area contributed by atoms with E-state index in [1.165, 1.54) is 0 Å². The first-order chi connectivity index (χ1) is 9.86. The third-order valence-electron chi connectivity index (χ3n) is 2.96. The summed E-state index contributed by atoms with van der Waals surface area (Å²) >= 11 is 5.81. The van der Waals surface area contributed by atoms with Crippen molar-refractivity contribution >= 4 is 17.4 Å². The average molecular weight is 313 g/mol. The molecule has 0 N–H and O–H groups in total. The van der Waals surface area contributed by atoms with Gasteiger partial charge in [-0.05, 0) is 25.1 Å². The van der Waals surface area contributed by atoms with Gasteiger partial charge in [0.15, 0.2) is 0 Å². The molecule has 2 aromatic heterocycles. The van der Waals surface area contributed by atoms with E-state index in [0.717, 1.165) is 9.96 Å². The Morgan fingerprint density at radius 1 is 1.10 bits per heavy atom. The number of halogens is 4. The molecule has 0 atom stereocenters. The molecule has 0 aliphatic carbocycles. The van der Waals surface area contributed by atoms with E-state index in [2.05, 4.69) is 15.2 Å². The summed E-state index contributed by atoms with van der Waals surface area (Å²) in [6.45, 7) is 1.55. The van der Waals surface area contributed by atoms with Gasteiger partial charge in [-0.25, -0.2) is 4.98 Å². The van der Waals surface area contributed by atoms with Gasteiger partial charge in [-0.2, -0.15) is 13.2 Å². The van der Waals surface area contributed by atoms with Crippen molar-refractivity contribution in [2.75, 3.05) is 0 Å². The van der Waals surface area contributed by atoms with Crippen LogP contribution < -0.4 is 0 Å². The number of hydrogen-bond donors (Lipinski definition) is 0. The van der Waals surface area contributed by atoms with E-state index in [4.69, 9.17) is 11.6 Å². The fraction of sp³-hybridized carbons (Fsp3) is 0.154. The summed E-state index contributed by atoms with van der Waals surface area (Å²) in [6.07, 6.45) is -4.58. The van der Waals surface area contributed by atoms with Gasteiger partial charge in [0.2, 0.25) is 5.82 Å². The van der Waals surface area contributed by atoms with Crippen LogP contribution in [-0.2, 0) is 6.18 Å². The fourth-order valence-corrected chi connectivity index (χ4v) is 2.15. The van der Waals surface area contributed by atoms with Crippen LogP contribution in [0.2, 0.25) is 5.02 Å². The average Bonchev–Trinajstić information content (AvgIpc) is 2.83. The van der Waals surface area contributed by atoms with Crippen LogP contribution in [0.4, 0.5) is 13.2 Å². The van der Waals surface area contributed by atoms with Gasteiger partial charge in [-0.15, -0.1) is 10.2 Å². The van der Waals surface area contributed by atoms with E-state index in [9.17, 15) is 13.2 Å². The summed E-state index contributed by atoms with van der Waals surface area (Å²) in [4.78, 5) is 4.12. The standard InChI is InChI=1S/C13H8ClF3N4/c1-7-6-10(8-2-4-9(14)5-3-8)18-12-20-19-11(21(7)12)13(15,16)17/h2-6H,1H3. The number of rotatable bonds is 1. The Morgan fingerprint density at radius 3 is 2.38 bits per heavy atom. The molecular formula is C13H8ClF3N4. The maximum Gasteiger partial charge on any atom is 0.452 e. The van der Waals surface area contributed by atoms with Gasteiger partial charge >= 0.3 is 6.18 Å². The molecule has 4 nitrogen and oxygen atoms in total. The first-order valence-electron chi connectivity index (χ1n) is 5.92. The van der Waals surface area contributed by atoms with E-state index in [0.29, 0.717) is 16.4 Å². The largest absolute Gasteiger partial charge is 0.452 e. The lowest BCUT2D eigenvalue weighted by atomic mass is 10.1. The van der Waals surface area contributed by atoms with Crippen LogP contribution in [-0.4, -0.2) is 19.6 Å². The highest BCUT2D eigenvalue weighted by Gasteiger charge is 2.37. The Bertz CT molecular complexity index is 809. The Kier molecular flexibility index (Phi) is 3.09. The number of benzene rings is 1. The molecule has 8 heteroatoms. The third kappa shape index (κ3) is 2.44. The molecule has 0 fully saturated rings. The van der Waals surface area contributed by atoms with Crippen molar-refractivity contribution in [3.63, 3.8) is 0 Å². The van der Waals surface area contributed by atoms with Crippen LogP contribution in [0.15, 0.2) is 30.3 Å². The number of fused-ring (bicyclic) bond motifs is 1. The Labute approximate surface area is 122 Å². The molecule has 2 heterocycles. The zero-order valence-corrected chi connectivity index (χ0v) is 11.4. The lowest BCUT2D eigenvalue weighted by Gasteiger charge is -2.08. The van der Waals surface area contributed by atoms with Gasteiger partial charge in [0.25, 0.3) is 5.78 Å². The molecule has 0 radical (unpaired) electrons. The second-order valence-corrected chi connectivity index (χ2v) is 4.88. The molecule has 0 aliphatic rings.